The van der Waals surface area contributed by atoms with Crippen LogP contribution in [0.2, 0.25) is 0 Å². The Balaban J connectivity index is 2.22. The second-order valence-corrected chi connectivity index (χ2v) is 4.19. The molecule has 0 bridgehead atoms. The van der Waals surface area contributed by atoms with Gasteiger partial charge in [0.25, 0.3) is 5.69 Å². The first-order chi connectivity index (χ1) is 9.10. The number of nitrogens with two attached hydrogens (primary N) is 1. The van der Waals surface area contributed by atoms with Crippen LogP contribution in [0, 0.1) is 10.1 Å². The lowest BCUT2D eigenvalue weighted by Gasteiger charge is -2.02. The molecule has 0 radical (unpaired) electrons. The minimum Gasteiger partial charge on any atom is -0.339 e. The zero-order valence-corrected chi connectivity index (χ0v) is 10.4. The van der Waals surface area contributed by atoms with E-state index < -0.39 is 4.92 Å². The van der Waals surface area contributed by atoms with Crippen molar-refractivity contribution in [2.75, 3.05) is 0 Å². The van der Waals surface area contributed by atoms with Gasteiger partial charge in [0.2, 0.25) is 11.7 Å². The molecular formula is C12H14N4O3. The van der Waals surface area contributed by atoms with Gasteiger partial charge < -0.3 is 10.3 Å². The lowest BCUT2D eigenvalue weighted by atomic mass is 10.1. The molecule has 0 fully saturated rings. The van der Waals surface area contributed by atoms with Crippen LogP contribution in [0.15, 0.2) is 28.8 Å². The number of rotatable bonds is 5. The van der Waals surface area contributed by atoms with Crippen LogP contribution in [0.5, 0.6) is 0 Å². The van der Waals surface area contributed by atoms with Crippen molar-refractivity contribution in [1.82, 2.24) is 10.1 Å². The fraction of sp³-hybridized carbons (Fsp3) is 0.333. The smallest absolute Gasteiger partial charge is 0.270 e. The van der Waals surface area contributed by atoms with E-state index in [9.17, 15) is 10.1 Å². The van der Waals surface area contributed by atoms with Crippen molar-refractivity contribution >= 4 is 5.69 Å². The van der Waals surface area contributed by atoms with Gasteiger partial charge in [0.1, 0.15) is 0 Å². The third-order valence-electron chi connectivity index (χ3n) is 2.74. The molecule has 19 heavy (non-hydrogen) atoms. The highest BCUT2D eigenvalue weighted by Gasteiger charge is 2.13. The van der Waals surface area contributed by atoms with E-state index in [1.54, 1.807) is 12.1 Å². The molecule has 1 aromatic carbocycles. The van der Waals surface area contributed by atoms with Crippen molar-refractivity contribution in [2.24, 2.45) is 5.73 Å². The Morgan fingerprint density at radius 3 is 3.00 bits per heavy atom. The fourth-order valence-corrected chi connectivity index (χ4v) is 1.58. The summed E-state index contributed by atoms with van der Waals surface area (Å²) in [7, 11) is 0. The van der Waals surface area contributed by atoms with Gasteiger partial charge in [-0.1, -0.05) is 24.2 Å². The molecule has 1 atom stereocenters. The van der Waals surface area contributed by atoms with E-state index >= 15 is 0 Å². The lowest BCUT2D eigenvalue weighted by molar-refractivity contribution is -0.384. The van der Waals surface area contributed by atoms with Crippen LogP contribution < -0.4 is 5.73 Å². The third kappa shape index (κ3) is 3.14. The topological polar surface area (TPSA) is 108 Å². The standard InChI is InChI=1S/C12H14N4O3/c1-2-9(13)7-11-14-12(15-19-11)8-4-3-5-10(6-8)16(17)18/h3-6,9H,2,7,13H2,1H3. The van der Waals surface area contributed by atoms with Crippen LogP contribution in [-0.2, 0) is 6.42 Å². The van der Waals surface area contributed by atoms with Gasteiger partial charge in [-0.15, -0.1) is 0 Å². The molecule has 2 N–H and O–H groups in total. The van der Waals surface area contributed by atoms with E-state index in [1.165, 1.54) is 12.1 Å². The number of nitro groups is 1. The summed E-state index contributed by atoms with van der Waals surface area (Å²) in [5.41, 5.74) is 6.34. The molecule has 0 saturated carbocycles. The predicted molar refractivity (Wildman–Crippen MR) is 68.4 cm³/mol. The van der Waals surface area contributed by atoms with Crippen molar-refractivity contribution in [3.05, 3.63) is 40.3 Å². The van der Waals surface area contributed by atoms with Gasteiger partial charge in [0, 0.05) is 30.2 Å². The second kappa shape index (κ2) is 5.57. The van der Waals surface area contributed by atoms with E-state index in [0.717, 1.165) is 6.42 Å². The summed E-state index contributed by atoms with van der Waals surface area (Å²) in [6.07, 6.45) is 1.31. The SMILES string of the molecule is CCC(N)Cc1nc(-c2cccc([N+](=O)[O-])c2)no1. The van der Waals surface area contributed by atoms with Gasteiger partial charge in [0.15, 0.2) is 0 Å². The van der Waals surface area contributed by atoms with Crippen molar-refractivity contribution in [3.63, 3.8) is 0 Å². The zero-order valence-electron chi connectivity index (χ0n) is 10.4. The Kier molecular flexibility index (Phi) is 3.86. The molecule has 2 rings (SSSR count). The summed E-state index contributed by atoms with van der Waals surface area (Å²) in [5.74, 6) is 0.776. The molecule has 0 aliphatic carbocycles. The van der Waals surface area contributed by atoms with Crippen LogP contribution >= 0.6 is 0 Å². The Morgan fingerprint density at radius 1 is 1.53 bits per heavy atom. The number of aromatic nitrogens is 2. The van der Waals surface area contributed by atoms with Gasteiger partial charge in [-0.3, -0.25) is 10.1 Å². The van der Waals surface area contributed by atoms with Crippen LogP contribution in [0.4, 0.5) is 5.69 Å². The Morgan fingerprint density at radius 2 is 2.32 bits per heavy atom. The average molecular weight is 262 g/mol. The van der Waals surface area contributed by atoms with Gasteiger partial charge in [-0.25, -0.2) is 0 Å². The summed E-state index contributed by atoms with van der Waals surface area (Å²) in [5, 5.41) is 14.5. The molecule has 1 heterocycles. The lowest BCUT2D eigenvalue weighted by Crippen LogP contribution is -2.21. The first-order valence-electron chi connectivity index (χ1n) is 5.93. The Hall–Kier alpha value is -2.28. The number of benzene rings is 1. The number of nitro benzene ring substituents is 1. The number of nitrogens with zero attached hydrogens (tertiary/aromatic N) is 3. The fourth-order valence-electron chi connectivity index (χ4n) is 1.58. The summed E-state index contributed by atoms with van der Waals surface area (Å²) in [6, 6.07) is 6.08. The van der Waals surface area contributed by atoms with Crippen LogP contribution in [-0.4, -0.2) is 21.1 Å². The van der Waals surface area contributed by atoms with Crippen molar-refractivity contribution in [3.8, 4) is 11.4 Å². The van der Waals surface area contributed by atoms with E-state index in [2.05, 4.69) is 10.1 Å². The molecule has 100 valence electrons. The molecule has 2 aromatic rings. The quantitative estimate of drug-likeness (QED) is 0.651. The van der Waals surface area contributed by atoms with E-state index in [1.807, 2.05) is 6.92 Å². The van der Waals surface area contributed by atoms with Crippen LogP contribution in [0.25, 0.3) is 11.4 Å². The van der Waals surface area contributed by atoms with Crippen molar-refractivity contribution < 1.29 is 9.45 Å². The molecule has 0 aliphatic rings. The van der Waals surface area contributed by atoms with E-state index in [-0.39, 0.29) is 11.7 Å². The molecule has 0 amide bonds. The van der Waals surface area contributed by atoms with Crippen molar-refractivity contribution in [2.45, 2.75) is 25.8 Å². The first kappa shape index (κ1) is 13.2. The minimum atomic E-state index is -0.461. The monoisotopic (exact) mass is 262 g/mol. The highest BCUT2D eigenvalue weighted by Crippen LogP contribution is 2.21. The molecule has 7 nitrogen and oxygen atoms in total. The van der Waals surface area contributed by atoms with Gasteiger partial charge in [-0.2, -0.15) is 4.98 Å². The molecule has 0 saturated heterocycles. The first-order valence-corrected chi connectivity index (χ1v) is 5.93. The highest BCUT2D eigenvalue weighted by atomic mass is 16.6. The number of hydrogen-bond donors (Lipinski definition) is 1. The third-order valence-corrected chi connectivity index (χ3v) is 2.74. The number of non-ortho nitro benzene ring substituents is 1. The average Bonchev–Trinajstić information content (AvgIpc) is 2.87. The van der Waals surface area contributed by atoms with E-state index in [0.29, 0.717) is 23.7 Å². The second-order valence-electron chi connectivity index (χ2n) is 4.19. The maximum absolute atomic E-state index is 10.7. The Labute approximate surface area is 109 Å². The van der Waals surface area contributed by atoms with Crippen LogP contribution in [0.1, 0.15) is 19.2 Å². The molecule has 1 unspecified atom stereocenters. The van der Waals surface area contributed by atoms with Gasteiger partial charge in [0.05, 0.1) is 4.92 Å². The maximum atomic E-state index is 10.7. The zero-order chi connectivity index (χ0) is 13.8. The molecule has 1 aromatic heterocycles. The molecular weight excluding hydrogens is 248 g/mol. The van der Waals surface area contributed by atoms with Crippen molar-refractivity contribution in [1.29, 1.82) is 0 Å². The molecule has 7 heteroatoms. The largest absolute Gasteiger partial charge is 0.339 e. The highest BCUT2D eigenvalue weighted by molar-refractivity contribution is 5.58. The minimum absolute atomic E-state index is 0.00545. The summed E-state index contributed by atoms with van der Waals surface area (Å²) in [6.45, 7) is 1.97. The number of hydrogen-bond acceptors (Lipinski definition) is 6. The summed E-state index contributed by atoms with van der Waals surface area (Å²) in [4.78, 5) is 14.4. The molecule has 0 aliphatic heterocycles. The predicted octanol–water partition coefficient (Wildman–Crippen LogP) is 1.92. The Bertz CT molecular complexity index is 582. The van der Waals surface area contributed by atoms with E-state index in [4.69, 9.17) is 10.3 Å². The van der Waals surface area contributed by atoms with Crippen LogP contribution in [0.3, 0.4) is 0 Å². The molecule has 0 spiro atoms. The maximum Gasteiger partial charge on any atom is 0.270 e. The summed E-state index contributed by atoms with van der Waals surface area (Å²) < 4.78 is 5.08. The van der Waals surface area contributed by atoms with Gasteiger partial charge >= 0.3 is 0 Å². The normalized spacial score (nSPS) is 12.3. The van der Waals surface area contributed by atoms with Gasteiger partial charge in [-0.05, 0) is 6.42 Å². The summed E-state index contributed by atoms with van der Waals surface area (Å²) >= 11 is 0.